The van der Waals surface area contributed by atoms with Crippen LogP contribution in [0.4, 0.5) is 13.2 Å². The maximum atomic E-state index is 12.5. The third-order valence-corrected chi connectivity index (χ3v) is 6.54. The van der Waals surface area contributed by atoms with Crippen molar-refractivity contribution >= 4 is 11.9 Å². The summed E-state index contributed by atoms with van der Waals surface area (Å²) in [5.41, 5.74) is 3.84. The van der Waals surface area contributed by atoms with Gasteiger partial charge < -0.3 is 15.3 Å². The van der Waals surface area contributed by atoms with Gasteiger partial charge in [-0.2, -0.15) is 13.2 Å². The van der Waals surface area contributed by atoms with Crippen LogP contribution in [0, 0.1) is 5.92 Å². The Morgan fingerprint density at radius 2 is 1.86 bits per heavy atom. The van der Waals surface area contributed by atoms with Gasteiger partial charge in [0.15, 0.2) is 0 Å². The lowest BCUT2D eigenvalue weighted by Crippen LogP contribution is -2.41. The molecule has 1 aliphatic heterocycles. The van der Waals surface area contributed by atoms with Gasteiger partial charge in [0.05, 0.1) is 5.69 Å². The smallest absolute Gasteiger partial charge is 0.475 e. The van der Waals surface area contributed by atoms with Crippen LogP contribution in [0.25, 0.3) is 11.3 Å². The van der Waals surface area contributed by atoms with Gasteiger partial charge in [0, 0.05) is 36.5 Å². The highest BCUT2D eigenvalue weighted by Gasteiger charge is 2.38. The first kappa shape index (κ1) is 30.2. The van der Waals surface area contributed by atoms with Crippen molar-refractivity contribution < 1.29 is 27.9 Å². The number of rotatable bonds is 8. The molecule has 0 unspecified atom stereocenters. The molecule has 0 spiro atoms. The van der Waals surface area contributed by atoms with Crippen LogP contribution in [-0.4, -0.2) is 77.7 Å². The van der Waals surface area contributed by atoms with Crippen molar-refractivity contribution in [2.75, 3.05) is 33.7 Å². The summed E-state index contributed by atoms with van der Waals surface area (Å²) in [6, 6.07) is 12.9. The standard InChI is InChI=1S/C25H36N4O.C2HF3O2/c1-5-19(2)17-27-25(30)22-9-12-26-24(16-22)21-8-6-7-20(15-21)18-29(4)23-10-13-28(3)14-11-23;3-2(4,5)1(6)7/h6-9,12,15-16,19,23H,5,10-11,13-14,17-18H2,1-4H3,(H,27,30);(H,6,7)/t19-;/m0./s1. The summed E-state index contributed by atoms with van der Waals surface area (Å²) in [6.07, 6.45) is 0.148. The second-order valence-corrected chi connectivity index (χ2v) is 9.61. The molecule has 0 saturated carbocycles. The first-order chi connectivity index (χ1) is 17.4. The van der Waals surface area contributed by atoms with Crippen molar-refractivity contribution in [3.8, 4) is 11.3 Å². The number of likely N-dealkylation sites (tertiary alicyclic amines) is 1. The summed E-state index contributed by atoms with van der Waals surface area (Å²) < 4.78 is 31.7. The van der Waals surface area contributed by atoms with Gasteiger partial charge in [-0.1, -0.05) is 38.5 Å². The van der Waals surface area contributed by atoms with Crippen molar-refractivity contribution in [2.45, 2.75) is 51.9 Å². The minimum absolute atomic E-state index is 0.0305. The number of amides is 1. The Labute approximate surface area is 216 Å². The lowest BCUT2D eigenvalue weighted by atomic mass is 10.0. The van der Waals surface area contributed by atoms with E-state index >= 15 is 0 Å². The number of benzene rings is 1. The fraction of sp³-hybridized carbons (Fsp3) is 0.519. The normalized spacial score (nSPS) is 15.6. The Morgan fingerprint density at radius 3 is 2.46 bits per heavy atom. The van der Waals surface area contributed by atoms with E-state index in [1.165, 1.54) is 31.5 Å². The zero-order valence-corrected chi connectivity index (χ0v) is 21.9. The largest absolute Gasteiger partial charge is 0.490 e. The van der Waals surface area contributed by atoms with Crippen LogP contribution < -0.4 is 5.32 Å². The molecule has 0 aliphatic carbocycles. The van der Waals surface area contributed by atoms with Gasteiger partial charge in [0.25, 0.3) is 5.91 Å². The van der Waals surface area contributed by atoms with E-state index in [1.807, 2.05) is 6.07 Å². The second-order valence-electron chi connectivity index (χ2n) is 9.61. The molecule has 1 saturated heterocycles. The van der Waals surface area contributed by atoms with Gasteiger partial charge in [-0.25, -0.2) is 4.79 Å². The predicted octanol–water partition coefficient (Wildman–Crippen LogP) is 4.68. The molecular formula is C27H37F3N4O3. The quantitative estimate of drug-likeness (QED) is 0.524. The molecule has 1 atom stereocenters. The summed E-state index contributed by atoms with van der Waals surface area (Å²) in [4.78, 5) is 30.8. The second kappa shape index (κ2) is 14.1. The molecule has 204 valence electrons. The molecule has 1 fully saturated rings. The van der Waals surface area contributed by atoms with E-state index in [2.05, 4.69) is 72.3 Å². The fourth-order valence-corrected chi connectivity index (χ4v) is 3.92. The summed E-state index contributed by atoms with van der Waals surface area (Å²) in [5, 5.41) is 10.2. The van der Waals surface area contributed by atoms with Gasteiger partial charge in [-0.3, -0.25) is 14.7 Å². The van der Waals surface area contributed by atoms with Crippen LogP contribution >= 0.6 is 0 Å². The van der Waals surface area contributed by atoms with E-state index in [0.29, 0.717) is 24.1 Å². The topological polar surface area (TPSA) is 85.8 Å². The van der Waals surface area contributed by atoms with Gasteiger partial charge in [-0.15, -0.1) is 0 Å². The molecule has 37 heavy (non-hydrogen) atoms. The van der Waals surface area contributed by atoms with Gasteiger partial charge in [0.2, 0.25) is 0 Å². The molecule has 1 amide bonds. The highest BCUT2D eigenvalue weighted by molar-refractivity contribution is 5.95. The Hall–Kier alpha value is -2.98. The number of aliphatic carboxylic acids is 1. The number of nitrogens with zero attached hydrogens (tertiary/aromatic N) is 3. The zero-order valence-electron chi connectivity index (χ0n) is 21.9. The molecule has 10 heteroatoms. The Balaban J connectivity index is 0.000000604. The number of carbonyl (C=O) groups is 2. The number of pyridine rings is 1. The summed E-state index contributed by atoms with van der Waals surface area (Å²) in [7, 11) is 4.43. The SMILES string of the molecule is CC[C@H](C)CNC(=O)c1ccnc(-c2cccc(CN(C)C3CCN(C)CC3)c2)c1.O=C(O)C(F)(F)F. The molecule has 3 rings (SSSR count). The third kappa shape index (κ3) is 10.1. The molecule has 0 bridgehead atoms. The number of carboxylic acids is 1. The minimum atomic E-state index is -5.08. The van der Waals surface area contributed by atoms with Crippen LogP contribution in [-0.2, 0) is 11.3 Å². The summed E-state index contributed by atoms with van der Waals surface area (Å²) in [5.74, 6) is -2.31. The molecule has 7 nitrogen and oxygen atoms in total. The molecule has 1 aromatic heterocycles. The number of piperidine rings is 1. The van der Waals surface area contributed by atoms with E-state index in [9.17, 15) is 18.0 Å². The average Bonchev–Trinajstić information content (AvgIpc) is 2.87. The first-order valence-electron chi connectivity index (χ1n) is 12.4. The number of halogens is 3. The molecule has 2 heterocycles. The van der Waals surface area contributed by atoms with E-state index < -0.39 is 12.1 Å². The molecule has 0 radical (unpaired) electrons. The molecule has 1 aliphatic rings. The van der Waals surface area contributed by atoms with Crippen molar-refractivity contribution in [3.05, 3.63) is 53.7 Å². The van der Waals surface area contributed by atoms with Gasteiger partial charge >= 0.3 is 12.1 Å². The van der Waals surface area contributed by atoms with Crippen LogP contribution in [0.1, 0.15) is 49.0 Å². The van der Waals surface area contributed by atoms with Crippen molar-refractivity contribution in [2.24, 2.45) is 5.92 Å². The third-order valence-electron chi connectivity index (χ3n) is 6.54. The van der Waals surface area contributed by atoms with Crippen molar-refractivity contribution in [3.63, 3.8) is 0 Å². The van der Waals surface area contributed by atoms with Crippen molar-refractivity contribution in [1.29, 1.82) is 0 Å². The maximum absolute atomic E-state index is 12.5. The van der Waals surface area contributed by atoms with E-state index in [1.54, 1.807) is 12.3 Å². The summed E-state index contributed by atoms with van der Waals surface area (Å²) in [6.45, 7) is 8.25. The average molecular weight is 523 g/mol. The van der Waals surface area contributed by atoms with Gasteiger partial charge in [0.1, 0.15) is 0 Å². The number of hydrogen-bond acceptors (Lipinski definition) is 5. The zero-order chi connectivity index (χ0) is 27.6. The minimum Gasteiger partial charge on any atom is -0.475 e. The van der Waals surface area contributed by atoms with E-state index in [-0.39, 0.29) is 5.91 Å². The Morgan fingerprint density at radius 1 is 1.22 bits per heavy atom. The van der Waals surface area contributed by atoms with Gasteiger partial charge in [-0.05, 0) is 69.7 Å². The van der Waals surface area contributed by atoms with Crippen LogP contribution in [0.3, 0.4) is 0 Å². The fourth-order valence-electron chi connectivity index (χ4n) is 3.92. The maximum Gasteiger partial charge on any atom is 0.490 e. The van der Waals surface area contributed by atoms with E-state index in [4.69, 9.17) is 9.90 Å². The number of carbonyl (C=O) groups excluding carboxylic acids is 1. The predicted molar refractivity (Wildman–Crippen MR) is 137 cm³/mol. The molecule has 2 N–H and O–H groups in total. The Bertz CT molecular complexity index is 1020. The van der Waals surface area contributed by atoms with Crippen molar-refractivity contribution in [1.82, 2.24) is 20.1 Å². The highest BCUT2D eigenvalue weighted by Crippen LogP contribution is 2.22. The highest BCUT2D eigenvalue weighted by atomic mass is 19.4. The van der Waals surface area contributed by atoms with Crippen LogP contribution in [0.5, 0.6) is 0 Å². The lowest BCUT2D eigenvalue weighted by molar-refractivity contribution is -0.192. The summed E-state index contributed by atoms with van der Waals surface area (Å²) >= 11 is 0. The number of nitrogens with one attached hydrogen (secondary N) is 1. The number of hydrogen-bond donors (Lipinski definition) is 2. The number of aromatic nitrogens is 1. The molecular weight excluding hydrogens is 485 g/mol. The van der Waals surface area contributed by atoms with Crippen LogP contribution in [0.2, 0.25) is 0 Å². The lowest BCUT2D eigenvalue weighted by Gasteiger charge is -2.35. The first-order valence-corrected chi connectivity index (χ1v) is 12.4. The molecule has 2 aromatic rings. The number of alkyl halides is 3. The van der Waals surface area contributed by atoms with Crippen LogP contribution in [0.15, 0.2) is 42.6 Å². The Kier molecular flexibility index (Phi) is 11.5. The monoisotopic (exact) mass is 522 g/mol. The van der Waals surface area contributed by atoms with E-state index in [0.717, 1.165) is 24.2 Å². The number of carboxylic acid groups (broad SMARTS) is 1. The molecule has 1 aromatic carbocycles.